The van der Waals surface area contributed by atoms with Gasteiger partial charge in [-0.05, 0) is 12.3 Å². The molecule has 0 aliphatic heterocycles. The van der Waals surface area contributed by atoms with Crippen molar-refractivity contribution < 1.29 is 9.59 Å². The van der Waals surface area contributed by atoms with Crippen LogP contribution in [0.5, 0.6) is 0 Å². The second-order valence-corrected chi connectivity index (χ2v) is 3.39. The summed E-state index contributed by atoms with van der Waals surface area (Å²) in [6.07, 6.45) is 2.55. The highest BCUT2D eigenvalue weighted by Crippen LogP contribution is 2.08. The number of rotatable bonds is 4. The molecule has 3 heteroatoms. The summed E-state index contributed by atoms with van der Waals surface area (Å²) in [6, 6.07) is -0.387. The number of amides is 1. The van der Waals surface area contributed by atoms with Crippen LogP contribution < -0.4 is 0 Å². The first kappa shape index (κ1) is 11.1. The van der Waals surface area contributed by atoms with Crippen LogP contribution in [0.15, 0.2) is 0 Å². The van der Waals surface area contributed by atoms with Gasteiger partial charge in [0.1, 0.15) is 0 Å². The standard InChI is InChI=1S/C9H16NO2/c1-7(2)5-9(6-11)10(4)8(3)12/h7,9H,5H2,1-4H3. The van der Waals surface area contributed by atoms with E-state index in [-0.39, 0.29) is 11.9 Å². The minimum atomic E-state index is -0.387. The van der Waals surface area contributed by atoms with Crippen molar-refractivity contribution in [3.8, 4) is 0 Å². The van der Waals surface area contributed by atoms with Crippen LogP contribution >= 0.6 is 0 Å². The molecule has 1 radical (unpaired) electrons. The Bertz CT molecular complexity index is 166. The molecule has 0 fully saturated rings. The molecule has 0 saturated carbocycles. The molecule has 0 saturated heterocycles. The predicted molar refractivity (Wildman–Crippen MR) is 47.4 cm³/mol. The number of hydrogen-bond donors (Lipinski definition) is 0. The van der Waals surface area contributed by atoms with Crippen LogP contribution in [0.25, 0.3) is 0 Å². The molecule has 0 rings (SSSR count). The van der Waals surface area contributed by atoms with Crippen LogP contribution in [0.3, 0.4) is 0 Å². The molecule has 1 unspecified atom stereocenters. The maximum atomic E-state index is 10.9. The second kappa shape index (κ2) is 4.91. The lowest BCUT2D eigenvalue weighted by Crippen LogP contribution is -2.37. The van der Waals surface area contributed by atoms with Gasteiger partial charge in [-0.25, -0.2) is 0 Å². The van der Waals surface area contributed by atoms with Crippen LogP contribution in [0.2, 0.25) is 0 Å². The zero-order chi connectivity index (χ0) is 9.72. The molecule has 0 aromatic carbocycles. The molecule has 0 aliphatic rings. The first-order valence-corrected chi connectivity index (χ1v) is 4.10. The van der Waals surface area contributed by atoms with Crippen molar-refractivity contribution in [1.29, 1.82) is 0 Å². The Kier molecular flexibility index (Phi) is 4.55. The van der Waals surface area contributed by atoms with Gasteiger partial charge in [0, 0.05) is 14.0 Å². The fraction of sp³-hybridized carbons (Fsp3) is 0.778. The third-order valence-corrected chi connectivity index (χ3v) is 1.79. The van der Waals surface area contributed by atoms with E-state index in [0.717, 1.165) is 0 Å². The van der Waals surface area contributed by atoms with Gasteiger partial charge in [0.2, 0.25) is 12.2 Å². The van der Waals surface area contributed by atoms with Crippen LogP contribution in [-0.4, -0.2) is 30.2 Å². The van der Waals surface area contributed by atoms with Gasteiger partial charge in [0.05, 0.1) is 6.04 Å². The molecule has 0 spiro atoms. The summed E-state index contributed by atoms with van der Waals surface area (Å²) in [6.45, 7) is 5.47. The Hall–Kier alpha value is -0.860. The number of likely N-dealkylation sites (N-methyl/N-ethyl adjacent to an activating group) is 1. The normalized spacial score (nSPS) is 12.8. The van der Waals surface area contributed by atoms with Crippen molar-refractivity contribution in [2.45, 2.75) is 33.2 Å². The highest BCUT2D eigenvalue weighted by Gasteiger charge is 2.17. The smallest absolute Gasteiger partial charge is 0.222 e. The average molecular weight is 170 g/mol. The Morgan fingerprint density at radius 2 is 2.00 bits per heavy atom. The maximum Gasteiger partial charge on any atom is 0.222 e. The quantitative estimate of drug-likeness (QED) is 0.631. The molecule has 1 amide bonds. The van der Waals surface area contributed by atoms with Gasteiger partial charge < -0.3 is 4.90 Å². The molecular formula is C9H16NO2. The van der Waals surface area contributed by atoms with E-state index >= 15 is 0 Å². The average Bonchev–Trinajstić information content (AvgIpc) is 1.98. The monoisotopic (exact) mass is 170 g/mol. The molecule has 69 valence electrons. The number of carbonyl (C=O) groups excluding carboxylic acids is 2. The Morgan fingerprint density at radius 1 is 1.50 bits per heavy atom. The van der Waals surface area contributed by atoms with Gasteiger partial charge >= 0.3 is 0 Å². The molecule has 0 aromatic rings. The second-order valence-electron chi connectivity index (χ2n) is 3.39. The Balaban J connectivity index is 4.14. The van der Waals surface area contributed by atoms with Crippen molar-refractivity contribution in [1.82, 2.24) is 4.90 Å². The van der Waals surface area contributed by atoms with Crippen LogP contribution in [-0.2, 0) is 9.59 Å². The molecular weight excluding hydrogens is 154 g/mol. The lowest BCUT2D eigenvalue weighted by molar-refractivity contribution is -0.128. The number of hydrogen-bond acceptors (Lipinski definition) is 2. The molecule has 0 bridgehead atoms. The largest absolute Gasteiger partial charge is 0.335 e. The highest BCUT2D eigenvalue weighted by molar-refractivity contribution is 5.77. The fourth-order valence-electron chi connectivity index (χ4n) is 0.951. The first-order valence-electron chi connectivity index (χ1n) is 4.10. The number of nitrogens with zero attached hydrogens (tertiary/aromatic N) is 1. The fourth-order valence-corrected chi connectivity index (χ4v) is 0.951. The van der Waals surface area contributed by atoms with Gasteiger partial charge in [-0.15, -0.1) is 0 Å². The Morgan fingerprint density at radius 3 is 2.25 bits per heavy atom. The van der Waals surface area contributed by atoms with E-state index in [1.54, 1.807) is 7.05 Å². The minimum absolute atomic E-state index is 0.0935. The van der Waals surface area contributed by atoms with E-state index in [9.17, 15) is 9.59 Å². The lowest BCUT2D eigenvalue weighted by atomic mass is 10.0. The van der Waals surface area contributed by atoms with Crippen molar-refractivity contribution in [3.63, 3.8) is 0 Å². The Labute approximate surface area is 73.7 Å². The summed E-state index contributed by atoms with van der Waals surface area (Å²) in [5.74, 6) is 0.308. The van der Waals surface area contributed by atoms with E-state index < -0.39 is 0 Å². The van der Waals surface area contributed by atoms with Gasteiger partial charge in [-0.3, -0.25) is 9.59 Å². The van der Waals surface area contributed by atoms with Gasteiger partial charge in [-0.2, -0.15) is 0 Å². The molecule has 0 N–H and O–H groups in total. The van der Waals surface area contributed by atoms with Gasteiger partial charge in [-0.1, -0.05) is 13.8 Å². The summed E-state index contributed by atoms with van der Waals surface area (Å²) in [7, 11) is 1.63. The highest BCUT2D eigenvalue weighted by atomic mass is 16.2. The van der Waals surface area contributed by atoms with E-state index in [2.05, 4.69) is 0 Å². The predicted octanol–water partition coefficient (Wildman–Crippen LogP) is 0.989. The molecule has 12 heavy (non-hydrogen) atoms. The van der Waals surface area contributed by atoms with Gasteiger partial charge in [0.25, 0.3) is 0 Å². The molecule has 0 aromatic heterocycles. The third-order valence-electron chi connectivity index (χ3n) is 1.79. The lowest BCUT2D eigenvalue weighted by Gasteiger charge is -2.22. The van der Waals surface area contributed by atoms with Crippen LogP contribution in [0.1, 0.15) is 27.2 Å². The summed E-state index contributed by atoms with van der Waals surface area (Å²) in [5, 5.41) is 0. The van der Waals surface area contributed by atoms with E-state index in [4.69, 9.17) is 0 Å². The summed E-state index contributed by atoms with van der Waals surface area (Å²) >= 11 is 0. The van der Waals surface area contributed by atoms with Crippen molar-refractivity contribution >= 4 is 12.2 Å². The zero-order valence-electron chi connectivity index (χ0n) is 8.13. The van der Waals surface area contributed by atoms with Crippen LogP contribution in [0, 0.1) is 5.92 Å². The minimum Gasteiger partial charge on any atom is -0.335 e. The summed E-state index contributed by atoms with van der Waals surface area (Å²) in [5.41, 5.74) is 0. The van der Waals surface area contributed by atoms with E-state index in [1.807, 2.05) is 20.1 Å². The molecule has 3 nitrogen and oxygen atoms in total. The van der Waals surface area contributed by atoms with Gasteiger partial charge in [0.15, 0.2) is 0 Å². The zero-order valence-corrected chi connectivity index (χ0v) is 8.13. The maximum absolute atomic E-state index is 10.9. The first-order chi connectivity index (χ1) is 5.49. The molecule has 0 aliphatic carbocycles. The number of carbonyl (C=O) groups is 1. The topological polar surface area (TPSA) is 37.4 Å². The van der Waals surface area contributed by atoms with Crippen LogP contribution in [0.4, 0.5) is 0 Å². The summed E-state index contributed by atoms with van der Waals surface area (Å²) in [4.78, 5) is 22.8. The molecule has 1 atom stereocenters. The van der Waals surface area contributed by atoms with Crippen molar-refractivity contribution in [3.05, 3.63) is 0 Å². The van der Waals surface area contributed by atoms with E-state index in [0.29, 0.717) is 12.3 Å². The SMILES string of the molecule is CC(=O)N(C)C([C]=O)CC(C)C. The molecule has 0 heterocycles. The van der Waals surface area contributed by atoms with Crippen molar-refractivity contribution in [2.24, 2.45) is 5.92 Å². The van der Waals surface area contributed by atoms with E-state index in [1.165, 1.54) is 11.8 Å². The summed E-state index contributed by atoms with van der Waals surface area (Å²) < 4.78 is 0. The third kappa shape index (κ3) is 3.51. The van der Waals surface area contributed by atoms with Crippen molar-refractivity contribution in [2.75, 3.05) is 7.05 Å².